The van der Waals surface area contributed by atoms with Gasteiger partial charge in [-0.2, -0.15) is 16.8 Å². The Morgan fingerprint density at radius 3 is 2.14 bits per heavy atom. The molecule has 12 nitrogen and oxygen atoms in total. The fourth-order valence-electron chi connectivity index (χ4n) is 11.3. The molecule has 5 aliphatic carbocycles. The van der Waals surface area contributed by atoms with Crippen LogP contribution >= 0.6 is 0 Å². The molecule has 5 rings (SSSR count). The zero-order valence-corrected chi connectivity index (χ0v) is 27.8. The number of fused-ring (bicyclic) bond motifs is 7. The van der Waals surface area contributed by atoms with Gasteiger partial charge in [0.05, 0.1) is 18.1 Å². The van der Waals surface area contributed by atoms with E-state index >= 15 is 0 Å². The molecule has 0 aromatic carbocycles. The van der Waals surface area contributed by atoms with Crippen molar-refractivity contribution in [3.8, 4) is 0 Å². The Bertz CT molecular complexity index is 1450. The molecular weight excluding hydrogens is 616 g/mol. The summed E-state index contributed by atoms with van der Waals surface area (Å²) in [5, 5.41) is 32.3. The Hall–Kier alpha value is -1.13. The van der Waals surface area contributed by atoms with Gasteiger partial charge in [0.1, 0.15) is 6.10 Å². The fraction of sp³-hybridized carbons (Fsp3) is 0.900. The standard InChI is InChI=1S/C30H48O12S2/c1-25(16-31)10-12-30(24(33)34)13-11-28(4)18(19(30)14-25)6-7-22-26(2)15-20(32)23(42-44(38,39)40)27(3,17-41-43(35,36)37)21(26)8-9-29(22,28)5/h6,19-23,31-32H,7-17H2,1-5H3,(H,33,34)(H,35,36,37)(H,38,39,40)/t19-,20+,21+,22+,23-,25+,26-,27-,28+,29+,30-/m0/s1. The minimum atomic E-state index is -5.04. The highest BCUT2D eigenvalue weighted by Crippen LogP contribution is 2.76. The van der Waals surface area contributed by atoms with Crippen molar-refractivity contribution in [3.63, 3.8) is 0 Å². The lowest BCUT2D eigenvalue weighted by Gasteiger charge is -2.71. The summed E-state index contributed by atoms with van der Waals surface area (Å²) in [4.78, 5) is 12.9. The van der Waals surface area contributed by atoms with Gasteiger partial charge >= 0.3 is 26.8 Å². The Morgan fingerprint density at radius 1 is 0.932 bits per heavy atom. The second kappa shape index (κ2) is 10.4. The van der Waals surface area contributed by atoms with Gasteiger partial charge in [0.25, 0.3) is 0 Å². The maximum Gasteiger partial charge on any atom is 0.397 e. The molecule has 0 aromatic rings. The lowest BCUT2D eigenvalue weighted by Crippen LogP contribution is -2.68. The van der Waals surface area contributed by atoms with Crippen LogP contribution in [0, 0.1) is 50.2 Å². The molecule has 0 aromatic heterocycles. The van der Waals surface area contributed by atoms with E-state index in [4.69, 9.17) is 8.37 Å². The normalized spacial score (nSPS) is 49.1. The van der Waals surface area contributed by atoms with Crippen LogP contribution in [0.2, 0.25) is 0 Å². The number of carboxylic acid groups (broad SMARTS) is 1. The van der Waals surface area contributed by atoms with Crippen LogP contribution in [0.15, 0.2) is 11.6 Å². The summed E-state index contributed by atoms with van der Waals surface area (Å²) in [6.07, 6.45) is 3.95. The Morgan fingerprint density at radius 2 is 1.57 bits per heavy atom. The van der Waals surface area contributed by atoms with Crippen LogP contribution < -0.4 is 0 Å². The number of hydrogen-bond donors (Lipinski definition) is 5. The quantitative estimate of drug-likeness (QED) is 0.195. The van der Waals surface area contributed by atoms with Crippen LogP contribution in [0.3, 0.4) is 0 Å². The van der Waals surface area contributed by atoms with E-state index in [1.54, 1.807) is 6.92 Å². The van der Waals surface area contributed by atoms with Crippen molar-refractivity contribution in [3.05, 3.63) is 11.6 Å². The smallest absolute Gasteiger partial charge is 0.397 e. The van der Waals surface area contributed by atoms with E-state index in [0.29, 0.717) is 51.4 Å². The second-order valence-electron chi connectivity index (χ2n) is 15.9. The second-order valence-corrected chi connectivity index (χ2v) is 18.0. The Kier molecular flexibility index (Phi) is 8.11. The van der Waals surface area contributed by atoms with E-state index in [1.165, 1.54) is 0 Å². The van der Waals surface area contributed by atoms with Gasteiger partial charge in [-0.1, -0.05) is 46.3 Å². The molecule has 252 valence electrons. The van der Waals surface area contributed by atoms with E-state index in [-0.39, 0.29) is 35.7 Å². The topological polar surface area (TPSA) is 205 Å². The van der Waals surface area contributed by atoms with E-state index in [9.17, 15) is 46.1 Å². The van der Waals surface area contributed by atoms with Crippen molar-refractivity contribution in [2.24, 2.45) is 50.2 Å². The lowest BCUT2D eigenvalue weighted by atomic mass is 9.33. The van der Waals surface area contributed by atoms with Crippen LogP contribution in [0.25, 0.3) is 0 Å². The Labute approximate surface area is 260 Å². The number of aliphatic hydroxyl groups excluding tert-OH is 2. The molecule has 0 saturated heterocycles. The van der Waals surface area contributed by atoms with Crippen LogP contribution in [-0.2, 0) is 34.0 Å². The minimum absolute atomic E-state index is 0.0161. The van der Waals surface area contributed by atoms with E-state index in [1.807, 2.05) is 13.8 Å². The monoisotopic (exact) mass is 664 g/mol. The number of aliphatic carboxylic acids is 1. The zero-order valence-electron chi connectivity index (χ0n) is 26.2. The summed E-state index contributed by atoms with van der Waals surface area (Å²) in [5.41, 5.74) is -3.02. The highest BCUT2D eigenvalue weighted by molar-refractivity contribution is 7.81. The molecule has 0 spiro atoms. The summed E-state index contributed by atoms with van der Waals surface area (Å²) in [6, 6.07) is 0. The molecule has 4 fully saturated rings. The van der Waals surface area contributed by atoms with Gasteiger partial charge in [-0.25, -0.2) is 8.37 Å². The van der Waals surface area contributed by atoms with Crippen molar-refractivity contribution in [1.82, 2.24) is 0 Å². The van der Waals surface area contributed by atoms with Crippen molar-refractivity contribution >= 4 is 26.8 Å². The number of rotatable bonds is 7. The Balaban J connectivity index is 1.60. The van der Waals surface area contributed by atoms with Gasteiger partial charge in [-0.05, 0) is 97.2 Å². The molecule has 44 heavy (non-hydrogen) atoms. The summed E-state index contributed by atoms with van der Waals surface area (Å²) in [7, 11) is -9.96. The van der Waals surface area contributed by atoms with Crippen molar-refractivity contribution < 1.29 is 54.4 Å². The average molecular weight is 665 g/mol. The number of aliphatic hydroxyl groups is 2. The summed E-state index contributed by atoms with van der Waals surface area (Å²) >= 11 is 0. The molecule has 0 bridgehead atoms. The number of carboxylic acids is 1. The first-order chi connectivity index (χ1) is 20.0. The molecule has 5 aliphatic rings. The third-order valence-electron chi connectivity index (χ3n) is 13.8. The fourth-order valence-corrected chi connectivity index (χ4v) is 12.3. The molecule has 5 N–H and O–H groups in total. The van der Waals surface area contributed by atoms with Gasteiger partial charge in [0, 0.05) is 12.0 Å². The molecule has 0 heterocycles. The highest BCUT2D eigenvalue weighted by Gasteiger charge is 2.71. The minimum Gasteiger partial charge on any atom is -0.481 e. The van der Waals surface area contributed by atoms with Crippen LogP contribution in [0.1, 0.15) is 92.4 Å². The predicted octanol–water partition coefficient (Wildman–Crippen LogP) is 3.80. The van der Waals surface area contributed by atoms with Gasteiger partial charge in [-0.15, -0.1) is 0 Å². The first-order valence-corrected chi connectivity index (χ1v) is 18.2. The molecule has 0 amide bonds. The van der Waals surface area contributed by atoms with Gasteiger partial charge in [-0.3, -0.25) is 13.9 Å². The van der Waals surface area contributed by atoms with Crippen molar-refractivity contribution in [1.29, 1.82) is 0 Å². The lowest BCUT2D eigenvalue weighted by molar-refractivity contribution is -0.237. The number of allylic oxidation sites excluding steroid dienone is 2. The van der Waals surface area contributed by atoms with Gasteiger partial charge in [0.15, 0.2) is 0 Å². The molecule has 14 heteroatoms. The largest absolute Gasteiger partial charge is 0.481 e. The van der Waals surface area contributed by atoms with Crippen LogP contribution in [0.4, 0.5) is 0 Å². The third-order valence-corrected chi connectivity index (χ3v) is 14.6. The highest BCUT2D eigenvalue weighted by atomic mass is 32.3. The SMILES string of the molecule is C[C@@]1(CO)CC[C@]2(C(=O)O)CC[C@]3(C)C(=CC[C@@H]4[C@@]5(C)C[C@@H](O)[C@H](OS(=O)(=O)O)[C@@](C)(COS(=O)(=O)O)[C@@H]5CC[C@]43C)[C@@H]2C1. The number of carbonyl (C=O) groups is 1. The molecule has 0 unspecified atom stereocenters. The van der Waals surface area contributed by atoms with Crippen LogP contribution in [0.5, 0.6) is 0 Å². The van der Waals surface area contributed by atoms with E-state index in [0.717, 1.165) is 5.57 Å². The summed E-state index contributed by atoms with van der Waals surface area (Å²) in [6.45, 7) is 9.37. The summed E-state index contributed by atoms with van der Waals surface area (Å²) in [5.74, 6) is -1.52. The first-order valence-electron chi connectivity index (χ1n) is 15.5. The summed E-state index contributed by atoms with van der Waals surface area (Å²) < 4.78 is 75.8. The first kappa shape index (κ1) is 34.2. The maximum atomic E-state index is 12.9. The van der Waals surface area contributed by atoms with E-state index < -0.39 is 73.2 Å². The van der Waals surface area contributed by atoms with Gasteiger partial charge < -0.3 is 15.3 Å². The average Bonchev–Trinajstić information content (AvgIpc) is 2.89. The van der Waals surface area contributed by atoms with E-state index in [2.05, 4.69) is 19.9 Å². The zero-order chi connectivity index (χ0) is 32.9. The maximum absolute atomic E-state index is 12.9. The van der Waals surface area contributed by atoms with Crippen molar-refractivity contribution in [2.45, 2.75) is 105 Å². The molecule has 0 aliphatic heterocycles. The third kappa shape index (κ3) is 5.01. The molecule has 4 saturated carbocycles. The molecule has 11 atom stereocenters. The van der Waals surface area contributed by atoms with Crippen LogP contribution in [-0.4, -0.2) is 72.7 Å². The molecular formula is C30H48O12S2. The molecule has 0 radical (unpaired) electrons. The predicted molar refractivity (Wildman–Crippen MR) is 158 cm³/mol. The number of hydrogen-bond acceptors (Lipinski definition) is 9. The van der Waals surface area contributed by atoms with Gasteiger partial charge in [0.2, 0.25) is 0 Å². The van der Waals surface area contributed by atoms with Crippen molar-refractivity contribution in [2.75, 3.05) is 13.2 Å².